The number of rotatable bonds is 4. The van der Waals surface area contributed by atoms with Gasteiger partial charge in [0.2, 0.25) is 5.28 Å². The van der Waals surface area contributed by atoms with E-state index in [2.05, 4.69) is 28.6 Å². The van der Waals surface area contributed by atoms with Crippen LogP contribution in [0.2, 0.25) is 5.28 Å². The third-order valence-corrected chi connectivity index (χ3v) is 4.36. The molecule has 96 valence electrons. The second kappa shape index (κ2) is 5.85. The molecule has 1 fully saturated rings. The molecule has 0 bridgehead atoms. The molecule has 4 heteroatoms. The van der Waals surface area contributed by atoms with E-state index in [4.69, 9.17) is 11.6 Å². The Balaban J connectivity index is 1.95. The molecule has 0 saturated heterocycles. The van der Waals surface area contributed by atoms with Gasteiger partial charge in [0.25, 0.3) is 0 Å². The van der Waals surface area contributed by atoms with Crippen molar-refractivity contribution in [3.8, 4) is 0 Å². The van der Waals surface area contributed by atoms with Crippen molar-refractivity contribution in [1.29, 1.82) is 0 Å². The van der Waals surface area contributed by atoms with Crippen LogP contribution < -0.4 is 0 Å². The lowest BCUT2D eigenvalue weighted by molar-refractivity contribution is 0.246. The zero-order valence-corrected chi connectivity index (χ0v) is 11.6. The number of hydrogen-bond acceptors (Lipinski definition) is 2. The Morgan fingerprint density at radius 2 is 1.76 bits per heavy atom. The minimum Gasteiger partial charge on any atom is -0.302 e. The molecule has 1 heterocycles. The third-order valence-electron chi connectivity index (χ3n) is 4.08. The normalized spacial score (nSPS) is 25.1. The van der Waals surface area contributed by atoms with Crippen molar-refractivity contribution in [2.24, 2.45) is 11.8 Å². The van der Waals surface area contributed by atoms with Crippen LogP contribution >= 0.6 is 11.6 Å². The van der Waals surface area contributed by atoms with Crippen LogP contribution in [0.3, 0.4) is 0 Å². The first-order valence-corrected chi connectivity index (χ1v) is 7.19. The first kappa shape index (κ1) is 12.9. The van der Waals surface area contributed by atoms with Gasteiger partial charge in [0, 0.05) is 13.0 Å². The fourth-order valence-electron chi connectivity index (χ4n) is 2.84. The predicted octanol–water partition coefficient (Wildman–Crippen LogP) is 3.71. The molecular formula is C13H22ClN3. The SMILES string of the molecule is CCc1nnc(Cl)n1CC1CCC(CC)CC1. The Morgan fingerprint density at radius 3 is 2.35 bits per heavy atom. The van der Waals surface area contributed by atoms with Crippen molar-refractivity contribution in [2.45, 2.75) is 58.9 Å². The number of halogens is 1. The van der Waals surface area contributed by atoms with Crippen molar-refractivity contribution in [3.05, 3.63) is 11.1 Å². The summed E-state index contributed by atoms with van der Waals surface area (Å²) in [7, 11) is 0. The van der Waals surface area contributed by atoms with Gasteiger partial charge in [-0.15, -0.1) is 10.2 Å². The van der Waals surface area contributed by atoms with Gasteiger partial charge in [0.15, 0.2) is 0 Å². The second-order valence-electron chi connectivity index (χ2n) is 5.14. The van der Waals surface area contributed by atoms with E-state index >= 15 is 0 Å². The Labute approximate surface area is 109 Å². The lowest BCUT2D eigenvalue weighted by Crippen LogP contribution is -2.19. The summed E-state index contributed by atoms with van der Waals surface area (Å²) in [5.41, 5.74) is 0. The van der Waals surface area contributed by atoms with Crippen LogP contribution in [0.1, 0.15) is 51.8 Å². The smallest absolute Gasteiger partial charge is 0.225 e. The molecule has 0 amide bonds. The summed E-state index contributed by atoms with van der Waals surface area (Å²) in [5.74, 6) is 2.73. The number of aryl methyl sites for hydroxylation is 1. The highest BCUT2D eigenvalue weighted by molar-refractivity contribution is 6.28. The first-order chi connectivity index (χ1) is 8.24. The molecule has 0 N–H and O–H groups in total. The zero-order valence-electron chi connectivity index (χ0n) is 10.8. The minimum atomic E-state index is 0.555. The molecule has 3 nitrogen and oxygen atoms in total. The van der Waals surface area contributed by atoms with Gasteiger partial charge in [-0.25, -0.2) is 0 Å². The summed E-state index contributed by atoms with van der Waals surface area (Å²) in [4.78, 5) is 0. The monoisotopic (exact) mass is 255 g/mol. The summed E-state index contributed by atoms with van der Waals surface area (Å²) in [6.07, 6.45) is 7.65. The van der Waals surface area contributed by atoms with Gasteiger partial charge in [-0.1, -0.05) is 33.1 Å². The lowest BCUT2D eigenvalue weighted by atomic mass is 9.81. The zero-order chi connectivity index (χ0) is 12.3. The van der Waals surface area contributed by atoms with Crippen LogP contribution in [-0.2, 0) is 13.0 Å². The lowest BCUT2D eigenvalue weighted by Gasteiger charge is -2.28. The maximum Gasteiger partial charge on any atom is 0.225 e. The summed E-state index contributed by atoms with van der Waals surface area (Å²) in [5, 5.41) is 8.63. The van der Waals surface area contributed by atoms with Gasteiger partial charge in [-0.2, -0.15) is 0 Å². The molecule has 1 aromatic rings. The van der Waals surface area contributed by atoms with Gasteiger partial charge in [-0.05, 0) is 36.3 Å². The van der Waals surface area contributed by atoms with Gasteiger partial charge in [0.05, 0.1) is 0 Å². The van der Waals surface area contributed by atoms with Crippen LogP contribution in [0.5, 0.6) is 0 Å². The number of nitrogens with zero attached hydrogens (tertiary/aromatic N) is 3. The molecule has 0 unspecified atom stereocenters. The molecule has 0 atom stereocenters. The van der Waals surface area contributed by atoms with Crippen molar-refractivity contribution in [2.75, 3.05) is 0 Å². The van der Waals surface area contributed by atoms with Crippen molar-refractivity contribution in [3.63, 3.8) is 0 Å². The average Bonchev–Trinajstić information content (AvgIpc) is 2.71. The van der Waals surface area contributed by atoms with E-state index in [1.165, 1.54) is 32.1 Å². The molecule has 1 aliphatic rings. The molecular weight excluding hydrogens is 234 g/mol. The maximum atomic E-state index is 6.09. The topological polar surface area (TPSA) is 30.7 Å². The first-order valence-electron chi connectivity index (χ1n) is 6.82. The number of aromatic nitrogens is 3. The van der Waals surface area contributed by atoms with Crippen molar-refractivity contribution in [1.82, 2.24) is 14.8 Å². The highest BCUT2D eigenvalue weighted by atomic mass is 35.5. The molecule has 1 aromatic heterocycles. The summed E-state index contributed by atoms with van der Waals surface area (Å²) >= 11 is 6.09. The van der Waals surface area contributed by atoms with E-state index in [0.717, 1.165) is 30.6 Å². The van der Waals surface area contributed by atoms with Crippen LogP contribution in [-0.4, -0.2) is 14.8 Å². The Morgan fingerprint density at radius 1 is 1.12 bits per heavy atom. The molecule has 2 rings (SSSR count). The average molecular weight is 256 g/mol. The molecule has 0 radical (unpaired) electrons. The van der Waals surface area contributed by atoms with Crippen LogP contribution in [0.25, 0.3) is 0 Å². The Kier molecular flexibility index (Phi) is 4.43. The van der Waals surface area contributed by atoms with Crippen LogP contribution in [0, 0.1) is 11.8 Å². The molecule has 0 aromatic carbocycles. The largest absolute Gasteiger partial charge is 0.302 e. The van der Waals surface area contributed by atoms with E-state index < -0.39 is 0 Å². The quantitative estimate of drug-likeness (QED) is 0.821. The summed E-state index contributed by atoms with van der Waals surface area (Å²) < 4.78 is 2.10. The van der Waals surface area contributed by atoms with Crippen molar-refractivity contribution < 1.29 is 0 Å². The highest BCUT2D eigenvalue weighted by Crippen LogP contribution is 2.32. The van der Waals surface area contributed by atoms with E-state index in [9.17, 15) is 0 Å². The number of hydrogen-bond donors (Lipinski definition) is 0. The molecule has 1 saturated carbocycles. The molecule has 0 spiro atoms. The van der Waals surface area contributed by atoms with Gasteiger partial charge < -0.3 is 4.57 Å². The van der Waals surface area contributed by atoms with E-state index in [-0.39, 0.29) is 0 Å². The van der Waals surface area contributed by atoms with Gasteiger partial charge >= 0.3 is 0 Å². The summed E-state index contributed by atoms with van der Waals surface area (Å²) in [6.45, 7) is 5.41. The second-order valence-corrected chi connectivity index (χ2v) is 5.48. The predicted molar refractivity (Wildman–Crippen MR) is 70.1 cm³/mol. The van der Waals surface area contributed by atoms with E-state index in [1.807, 2.05) is 0 Å². The van der Waals surface area contributed by atoms with Gasteiger partial charge in [0.1, 0.15) is 5.82 Å². The Hall–Kier alpha value is -0.570. The minimum absolute atomic E-state index is 0.555. The maximum absolute atomic E-state index is 6.09. The molecule has 17 heavy (non-hydrogen) atoms. The third kappa shape index (κ3) is 3.01. The van der Waals surface area contributed by atoms with Crippen LogP contribution in [0.4, 0.5) is 0 Å². The van der Waals surface area contributed by atoms with Crippen molar-refractivity contribution >= 4 is 11.6 Å². The molecule has 1 aliphatic carbocycles. The Bertz CT molecular complexity index is 354. The van der Waals surface area contributed by atoms with Crippen LogP contribution in [0.15, 0.2) is 0 Å². The molecule has 0 aliphatic heterocycles. The summed E-state index contributed by atoms with van der Waals surface area (Å²) in [6, 6.07) is 0. The fraction of sp³-hybridized carbons (Fsp3) is 0.846. The fourth-order valence-corrected chi connectivity index (χ4v) is 3.04. The van der Waals surface area contributed by atoms with E-state index in [0.29, 0.717) is 5.28 Å². The standard InChI is InChI=1S/C13H22ClN3/c1-3-10-5-7-11(8-6-10)9-17-12(4-2)15-16-13(17)14/h10-11H,3-9H2,1-2H3. The van der Waals surface area contributed by atoms with E-state index in [1.54, 1.807) is 0 Å². The highest BCUT2D eigenvalue weighted by Gasteiger charge is 2.22. The van der Waals surface area contributed by atoms with Gasteiger partial charge in [-0.3, -0.25) is 0 Å².